The first kappa shape index (κ1) is 15.6. The van der Waals surface area contributed by atoms with E-state index in [0.717, 1.165) is 17.9 Å². The third kappa shape index (κ3) is 4.08. The monoisotopic (exact) mass is 287 g/mol. The highest BCUT2D eigenvalue weighted by Crippen LogP contribution is 2.22. The number of nitrogens with one attached hydrogen (secondary N) is 1. The molecule has 0 fully saturated rings. The Bertz CT molecular complexity index is 563. The van der Waals surface area contributed by atoms with E-state index in [4.69, 9.17) is 4.74 Å². The lowest BCUT2D eigenvalue weighted by Gasteiger charge is -2.16. The number of rotatable bonds is 7. The van der Waals surface area contributed by atoms with Crippen molar-refractivity contribution in [1.82, 2.24) is 15.1 Å². The van der Waals surface area contributed by atoms with Crippen LogP contribution in [0.25, 0.3) is 0 Å². The molecule has 0 saturated heterocycles. The van der Waals surface area contributed by atoms with Crippen LogP contribution in [0.15, 0.2) is 36.5 Å². The molecule has 1 aromatic heterocycles. The molecule has 0 bridgehead atoms. The van der Waals surface area contributed by atoms with Crippen LogP contribution in [-0.2, 0) is 6.42 Å². The summed E-state index contributed by atoms with van der Waals surface area (Å²) in [5.74, 6) is 0.919. The number of hydrogen-bond donors (Lipinski definition) is 1. The van der Waals surface area contributed by atoms with Crippen LogP contribution in [0.5, 0.6) is 5.75 Å². The highest BCUT2D eigenvalue weighted by Gasteiger charge is 2.13. The molecule has 114 valence electrons. The molecular formula is C17H25N3O. The molecule has 21 heavy (non-hydrogen) atoms. The third-order valence-corrected chi connectivity index (χ3v) is 3.53. The molecule has 0 aliphatic carbocycles. The van der Waals surface area contributed by atoms with E-state index in [1.54, 1.807) is 0 Å². The molecule has 4 nitrogen and oxygen atoms in total. The molecular weight excluding hydrogens is 262 g/mol. The van der Waals surface area contributed by atoms with Crippen LogP contribution in [-0.4, -0.2) is 23.4 Å². The van der Waals surface area contributed by atoms with Crippen LogP contribution >= 0.6 is 0 Å². The molecule has 0 amide bonds. The van der Waals surface area contributed by atoms with Gasteiger partial charge in [-0.25, -0.2) is 0 Å². The number of hydrogen-bond acceptors (Lipinski definition) is 3. The van der Waals surface area contributed by atoms with E-state index in [2.05, 4.69) is 42.5 Å². The summed E-state index contributed by atoms with van der Waals surface area (Å²) >= 11 is 0. The zero-order valence-corrected chi connectivity index (χ0v) is 13.3. The van der Waals surface area contributed by atoms with Gasteiger partial charge in [0, 0.05) is 24.7 Å². The molecule has 1 N–H and O–H groups in total. The van der Waals surface area contributed by atoms with Crippen molar-refractivity contribution in [2.45, 2.75) is 39.3 Å². The molecule has 1 heterocycles. The third-order valence-electron chi connectivity index (χ3n) is 3.53. The summed E-state index contributed by atoms with van der Waals surface area (Å²) in [7, 11) is 1.98. The van der Waals surface area contributed by atoms with Crippen molar-refractivity contribution in [2.75, 3.05) is 13.7 Å². The van der Waals surface area contributed by atoms with Crippen LogP contribution in [0.3, 0.4) is 0 Å². The first-order valence-corrected chi connectivity index (χ1v) is 7.58. The lowest BCUT2D eigenvalue weighted by molar-refractivity contribution is 0.339. The lowest BCUT2D eigenvalue weighted by atomic mass is 10.0. The smallest absolute Gasteiger partial charge is 0.119 e. The van der Waals surface area contributed by atoms with Gasteiger partial charge in [0.2, 0.25) is 0 Å². The van der Waals surface area contributed by atoms with Crippen molar-refractivity contribution in [1.29, 1.82) is 0 Å². The van der Waals surface area contributed by atoms with E-state index in [0.29, 0.717) is 12.6 Å². The summed E-state index contributed by atoms with van der Waals surface area (Å²) in [4.78, 5) is 0. The van der Waals surface area contributed by atoms with Gasteiger partial charge in [0.25, 0.3) is 0 Å². The quantitative estimate of drug-likeness (QED) is 0.848. The highest BCUT2D eigenvalue weighted by molar-refractivity contribution is 5.31. The second-order valence-corrected chi connectivity index (χ2v) is 5.43. The maximum Gasteiger partial charge on any atom is 0.119 e. The van der Waals surface area contributed by atoms with Gasteiger partial charge in [-0.3, -0.25) is 4.68 Å². The predicted molar refractivity (Wildman–Crippen MR) is 85.7 cm³/mol. The molecule has 0 aliphatic heterocycles. The standard InChI is InChI=1S/C17H25N3O/c1-5-21-16-8-6-7-14(11-16)17(18-4)12-15-9-10-20(19-15)13(2)3/h6-11,13,17-18H,5,12H2,1-4H3. The molecule has 2 aromatic rings. The SMILES string of the molecule is CCOc1cccc(C(Cc2ccn(C(C)C)n2)NC)c1. The van der Waals surface area contributed by atoms with Crippen LogP contribution in [0.1, 0.15) is 44.1 Å². The molecule has 4 heteroatoms. The Labute approximate surface area is 127 Å². The van der Waals surface area contributed by atoms with Gasteiger partial charge in [-0.1, -0.05) is 12.1 Å². The first-order chi connectivity index (χ1) is 10.1. The number of ether oxygens (including phenoxy) is 1. The van der Waals surface area contributed by atoms with Gasteiger partial charge >= 0.3 is 0 Å². The first-order valence-electron chi connectivity index (χ1n) is 7.58. The normalized spacial score (nSPS) is 12.6. The van der Waals surface area contributed by atoms with Gasteiger partial charge in [0.1, 0.15) is 5.75 Å². The molecule has 0 spiro atoms. The van der Waals surface area contributed by atoms with Crippen molar-refractivity contribution in [2.24, 2.45) is 0 Å². The van der Waals surface area contributed by atoms with Crippen LogP contribution in [0.4, 0.5) is 0 Å². The minimum absolute atomic E-state index is 0.237. The van der Waals surface area contributed by atoms with E-state index in [9.17, 15) is 0 Å². The molecule has 2 rings (SSSR count). The van der Waals surface area contributed by atoms with E-state index in [-0.39, 0.29) is 6.04 Å². The predicted octanol–water partition coefficient (Wildman–Crippen LogP) is 3.37. The Morgan fingerprint density at radius 1 is 1.29 bits per heavy atom. The van der Waals surface area contributed by atoms with Gasteiger partial charge in [-0.2, -0.15) is 5.10 Å². The maximum absolute atomic E-state index is 5.58. The van der Waals surface area contributed by atoms with Crippen molar-refractivity contribution in [3.63, 3.8) is 0 Å². The average Bonchev–Trinajstić information content (AvgIpc) is 2.94. The number of likely N-dealkylation sites (N-methyl/N-ethyl adjacent to an activating group) is 1. The molecule has 0 radical (unpaired) electrons. The second kappa shape index (κ2) is 7.27. The van der Waals surface area contributed by atoms with Crippen molar-refractivity contribution in [3.05, 3.63) is 47.8 Å². The fraction of sp³-hybridized carbons (Fsp3) is 0.471. The Kier molecular flexibility index (Phi) is 5.39. The van der Waals surface area contributed by atoms with Crippen LogP contribution in [0, 0.1) is 0 Å². The summed E-state index contributed by atoms with van der Waals surface area (Å²) in [6.45, 7) is 6.96. The molecule has 1 unspecified atom stereocenters. The summed E-state index contributed by atoms with van der Waals surface area (Å²) in [6.07, 6.45) is 2.91. The van der Waals surface area contributed by atoms with Crippen molar-refractivity contribution >= 4 is 0 Å². The summed E-state index contributed by atoms with van der Waals surface area (Å²) < 4.78 is 7.58. The fourth-order valence-electron chi connectivity index (χ4n) is 2.36. The Hall–Kier alpha value is -1.81. The van der Waals surface area contributed by atoms with Gasteiger partial charge in [0.15, 0.2) is 0 Å². The van der Waals surface area contributed by atoms with Crippen molar-refractivity contribution < 1.29 is 4.74 Å². The average molecular weight is 287 g/mol. The Morgan fingerprint density at radius 3 is 2.71 bits per heavy atom. The van der Waals surface area contributed by atoms with E-state index >= 15 is 0 Å². The number of aromatic nitrogens is 2. The topological polar surface area (TPSA) is 39.1 Å². The largest absolute Gasteiger partial charge is 0.494 e. The van der Waals surface area contributed by atoms with Crippen molar-refractivity contribution in [3.8, 4) is 5.75 Å². The maximum atomic E-state index is 5.58. The van der Waals surface area contributed by atoms with Gasteiger partial charge in [-0.15, -0.1) is 0 Å². The zero-order valence-electron chi connectivity index (χ0n) is 13.3. The van der Waals surface area contributed by atoms with Gasteiger partial charge < -0.3 is 10.1 Å². The summed E-state index contributed by atoms with van der Waals surface area (Å²) in [5, 5.41) is 8.00. The summed E-state index contributed by atoms with van der Waals surface area (Å²) in [6, 6.07) is 11.0. The summed E-state index contributed by atoms with van der Waals surface area (Å²) in [5.41, 5.74) is 2.33. The van der Waals surface area contributed by atoms with Gasteiger partial charge in [-0.05, 0) is 51.6 Å². The fourth-order valence-corrected chi connectivity index (χ4v) is 2.36. The highest BCUT2D eigenvalue weighted by atomic mass is 16.5. The minimum atomic E-state index is 0.237. The zero-order chi connectivity index (χ0) is 15.2. The molecule has 1 atom stereocenters. The van der Waals surface area contributed by atoms with Crippen LogP contribution in [0.2, 0.25) is 0 Å². The van der Waals surface area contributed by atoms with E-state index in [1.807, 2.05) is 37.0 Å². The molecule has 1 aromatic carbocycles. The van der Waals surface area contributed by atoms with Gasteiger partial charge in [0.05, 0.1) is 12.3 Å². The van der Waals surface area contributed by atoms with E-state index < -0.39 is 0 Å². The Morgan fingerprint density at radius 2 is 2.10 bits per heavy atom. The van der Waals surface area contributed by atoms with E-state index in [1.165, 1.54) is 5.56 Å². The van der Waals surface area contributed by atoms with Crippen LogP contribution < -0.4 is 10.1 Å². The number of benzene rings is 1. The molecule has 0 aliphatic rings. The Balaban J connectivity index is 2.13. The lowest BCUT2D eigenvalue weighted by Crippen LogP contribution is -2.19. The number of nitrogens with zero attached hydrogens (tertiary/aromatic N) is 2. The molecule has 0 saturated carbocycles. The second-order valence-electron chi connectivity index (χ2n) is 5.43. The minimum Gasteiger partial charge on any atom is -0.494 e.